The lowest BCUT2D eigenvalue weighted by Gasteiger charge is -2.01. The molecule has 0 spiro atoms. The van der Waals surface area contributed by atoms with Gasteiger partial charge in [0.1, 0.15) is 5.52 Å². The van der Waals surface area contributed by atoms with Crippen LogP contribution >= 0.6 is 0 Å². The van der Waals surface area contributed by atoms with E-state index in [0.29, 0.717) is 5.52 Å². The van der Waals surface area contributed by atoms with E-state index in [9.17, 15) is 4.79 Å². The first kappa shape index (κ1) is 7.91. The Balaban J connectivity index is 3.06. The second kappa shape index (κ2) is 2.65. The van der Waals surface area contributed by atoms with Crippen molar-refractivity contribution in [2.75, 3.05) is 0 Å². The summed E-state index contributed by atoms with van der Waals surface area (Å²) in [6, 6.07) is 3.66. The van der Waals surface area contributed by atoms with Crippen LogP contribution in [0.2, 0.25) is 0 Å². The lowest BCUT2D eigenvalue weighted by molar-refractivity contribution is 0.702. The van der Waals surface area contributed by atoms with Gasteiger partial charge in [-0.2, -0.15) is 5.10 Å². The Kier molecular flexibility index (Phi) is 1.62. The molecule has 0 unspecified atom stereocenters. The summed E-state index contributed by atoms with van der Waals surface area (Å²) >= 11 is 0. The van der Waals surface area contributed by atoms with Gasteiger partial charge >= 0.3 is 0 Å². The monoisotopic (exact) mass is 175 g/mol. The SMILES string of the molecule is Cc1nn(C)c(=O)c2ncccc12. The third kappa shape index (κ3) is 1.11. The lowest BCUT2D eigenvalue weighted by Crippen LogP contribution is -2.21. The molecular weight excluding hydrogens is 166 g/mol. The van der Waals surface area contributed by atoms with Crippen LogP contribution < -0.4 is 5.56 Å². The number of nitrogens with zero attached hydrogens (tertiary/aromatic N) is 3. The molecule has 0 aliphatic carbocycles. The molecule has 0 radical (unpaired) electrons. The highest BCUT2D eigenvalue weighted by Gasteiger charge is 2.04. The van der Waals surface area contributed by atoms with Crippen molar-refractivity contribution in [3.05, 3.63) is 34.4 Å². The number of fused-ring (bicyclic) bond motifs is 1. The molecular formula is C9H9N3O. The van der Waals surface area contributed by atoms with E-state index in [1.807, 2.05) is 13.0 Å². The second-order valence-corrected chi connectivity index (χ2v) is 2.91. The summed E-state index contributed by atoms with van der Waals surface area (Å²) in [5.74, 6) is 0. The number of pyridine rings is 1. The van der Waals surface area contributed by atoms with E-state index < -0.39 is 0 Å². The van der Waals surface area contributed by atoms with E-state index in [1.54, 1.807) is 19.3 Å². The smallest absolute Gasteiger partial charge is 0.265 e. The Bertz CT molecular complexity index is 516. The molecule has 0 amide bonds. The molecule has 0 saturated carbocycles. The van der Waals surface area contributed by atoms with Crippen LogP contribution in [0.25, 0.3) is 10.9 Å². The van der Waals surface area contributed by atoms with E-state index in [-0.39, 0.29) is 5.56 Å². The zero-order valence-electron chi connectivity index (χ0n) is 7.48. The lowest BCUT2D eigenvalue weighted by atomic mass is 10.2. The minimum absolute atomic E-state index is 0.152. The number of hydrogen-bond donors (Lipinski definition) is 0. The standard InChI is InChI=1S/C9H9N3O/c1-6-7-4-3-5-10-8(7)9(13)12(2)11-6/h3-5H,1-2H3. The molecule has 0 aromatic carbocycles. The topological polar surface area (TPSA) is 47.8 Å². The zero-order chi connectivity index (χ0) is 9.42. The van der Waals surface area contributed by atoms with Crippen LogP contribution in [-0.2, 0) is 7.05 Å². The molecule has 0 aliphatic heterocycles. The number of rotatable bonds is 0. The maximum Gasteiger partial charge on any atom is 0.292 e. The fourth-order valence-corrected chi connectivity index (χ4v) is 1.35. The van der Waals surface area contributed by atoms with Crippen molar-refractivity contribution in [1.29, 1.82) is 0 Å². The normalized spacial score (nSPS) is 10.6. The van der Waals surface area contributed by atoms with Gasteiger partial charge in [-0.25, -0.2) is 4.68 Å². The van der Waals surface area contributed by atoms with Crippen molar-refractivity contribution in [2.24, 2.45) is 7.05 Å². The minimum atomic E-state index is -0.152. The summed E-state index contributed by atoms with van der Waals surface area (Å²) in [5.41, 5.74) is 1.16. The zero-order valence-corrected chi connectivity index (χ0v) is 7.48. The average Bonchev–Trinajstić information content (AvgIpc) is 2.15. The molecule has 0 N–H and O–H groups in total. The van der Waals surface area contributed by atoms with Gasteiger partial charge in [-0.15, -0.1) is 0 Å². The summed E-state index contributed by atoms with van der Waals surface area (Å²) in [4.78, 5) is 15.5. The van der Waals surface area contributed by atoms with Crippen LogP contribution in [0.3, 0.4) is 0 Å². The third-order valence-electron chi connectivity index (χ3n) is 1.99. The van der Waals surface area contributed by atoms with E-state index in [4.69, 9.17) is 0 Å². The van der Waals surface area contributed by atoms with Gasteiger partial charge in [-0.3, -0.25) is 9.78 Å². The predicted octanol–water partition coefficient (Wildman–Crippen LogP) is 0.637. The van der Waals surface area contributed by atoms with Crippen LogP contribution in [-0.4, -0.2) is 14.8 Å². The summed E-state index contributed by atoms with van der Waals surface area (Å²) in [7, 11) is 1.63. The minimum Gasteiger partial charge on any atom is -0.265 e. The quantitative estimate of drug-likeness (QED) is 0.590. The predicted molar refractivity (Wildman–Crippen MR) is 49.5 cm³/mol. The van der Waals surface area contributed by atoms with Crippen LogP contribution in [0.15, 0.2) is 23.1 Å². The number of aryl methyl sites for hydroxylation is 2. The van der Waals surface area contributed by atoms with Gasteiger partial charge in [-0.05, 0) is 19.1 Å². The molecule has 0 bridgehead atoms. The summed E-state index contributed by atoms with van der Waals surface area (Å²) in [6.07, 6.45) is 1.61. The van der Waals surface area contributed by atoms with E-state index in [0.717, 1.165) is 11.1 Å². The Morgan fingerprint density at radius 2 is 2.23 bits per heavy atom. The second-order valence-electron chi connectivity index (χ2n) is 2.91. The van der Waals surface area contributed by atoms with Crippen molar-refractivity contribution in [2.45, 2.75) is 6.92 Å². The van der Waals surface area contributed by atoms with Crippen LogP contribution in [0.4, 0.5) is 0 Å². The first-order valence-electron chi connectivity index (χ1n) is 3.99. The molecule has 2 aromatic heterocycles. The van der Waals surface area contributed by atoms with E-state index >= 15 is 0 Å². The van der Waals surface area contributed by atoms with Gasteiger partial charge in [0.15, 0.2) is 0 Å². The van der Waals surface area contributed by atoms with Crippen molar-refractivity contribution >= 4 is 10.9 Å². The van der Waals surface area contributed by atoms with E-state index in [2.05, 4.69) is 10.1 Å². The first-order chi connectivity index (χ1) is 6.20. The molecule has 13 heavy (non-hydrogen) atoms. The number of hydrogen-bond acceptors (Lipinski definition) is 3. The molecule has 2 aromatic rings. The van der Waals surface area contributed by atoms with Crippen molar-refractivity contribution < 1.29 is 0 Å². The molecule has 0 saturated heterocycles. The van der Waals surface area contributed by atoms with Gasteiger partial charge in [-0.1, -0.05) is 0 Å². The fourth-order valence-electron chi connectivity index (χ4n) is 1.35. The largest absolute Gasteiger partial charge is 0.292 e. The van der Waals surface area contributed by atoms with Crippen molar-refractivity contribution in [1.82, 2.24) is 14.8 Å². The summed E-state index contributed by atoms with van der Waals surface area (Å²) < 4.78 is 1.31. The van der Waals surface area contributed by atoms with Crippen molar-refractivity contribution in [3.8, 4) is 0 Å². The van der Waals surface area contributed by atoms with Crippen molar-refractivity contribution in [3.63, 3.8) is 0 Å². The molecule has 4 nitrogen and oxygen atoms in total. The number of aromatic nitrogens is 3. The maximum absolute atomic E-state index is 11.5. The van der Waals surface area contributed by atoms with E-state index in [1.165, 1.54) is 4.68 Å². The first-order valence-corrected chi connectivity index (χ1v) is 3.99. The maximum atomic E-state index is 11.5. The Labute approximate surface area is 74.8 Å². The van der Waals surface area contributed by atoms with Gasteiger partial charge in [0.05, 0.1) is 5.69 Å². The average molecular weight is 175 g/mol. The molecule has 0 atom stereocenters. The molecule has 0 fully saturated rings. The Morgan fingerprint density at radius 1 is 1.46 bits per heavy atom. The molecule has 2 heterocycles. The van der Waals surface area contributed by atoms with Gasteiger partial charge in [0.25, 0.3) is 5.56 Å². The van der Waals surface area contributed by atoms with Crippen LogP contribution in [0.5, 0.6) is 0 Å². The Morgan fingerprint density at radius 3 is 3.00 bits per heavy atom. The fraction of sp³-hybridized carbons (Fsp3) is 0.222. The highest BCUT2D eigenvalue weighted by Crippen LogP contribution is 2.08. The highest BCUT2D eigenvalue weighted by molar-refractivity contribution is 5.79. The molecule has 4 heteroatoms. The Hall–Kier alpha value is -1.71. The van der Waals surface area contributed by atoms with Crippen LogP contribution in [0, 0.1) is 6.92 Å². The third-order valence-corrected chi connectivity index (χ3v) is 1.99. The summed E-state index contributed by atoms with van der Waals surface area (Å²) in [5, 5.41) is 4.89. The molecule has 0 aliphatic rings. The molecule has 66 valence electrons. The van der Waals surface area contributed by atoms with Gasteiger partial charge < -0.3 is 0 Å². The molecule has 2 rings (SSSR count). The summed E-state index contributed by atoms with van der Waals surface area (Å²) in [6.45, 7) is 1.86. The van der Waals surface area contributed by atoms with Gasteiger partial charge in [0, 0.05) is 18.6 Å². The van der Waals surface area contributed by atoms with Gasteiger partial charge in [0.2, 0.25) is 0 Å². The highest BCUT2D eigenvalue weighted by atomic mass is 16.1. The van der Waals surface area contributed by atoms with Crippen LogP contribution in [0.1, 0.15) is 5.69 Å².